The summed E-state index contributed by atoms with van der Waals surface area (Å²) >= 11 is 0. The van der Waals surface area contributed by atoms with Gasteiger partial charge in [-0.05, 0) is 91.4 Å². The molecule has 1 aliphatic heterocycles. The molecule has 0 radical (unpaired) electrons. The van der Waals surface area contributed by atoms with Crippen LogP contribution in [0.4, 0.5) is 11.5 Å². The highest BCUT2D eigenvalue weighted by Crippen LogP contribution is 2.25. The van der Waals surface area contributed by atoms with E-state index in [2.05, 4.69) is 44.1 Å². The Morgan fingerprint density at radius 2 is 1.82 bits per heavy atom. The number of aromatic amines is 1. The zero-order chi connectivity index (χ0) is 26.1. The number of hydrogen-bond donors (Lipinski definition) is 2. The van der Waals surface area contributed by atoms with Gasteiger partial charge in [0.25, 0.3) is 5.91 Å². The number of rotatable bonds is 6. The van der Waals surface area contributed by atoms with Crippen LogP contribution in [-0.2, 0) is 13.1 Å². The molecule has 1 fully saturated rings. The average Bonchev–Trinajstić information content (AvgIpc) is 3.44. The van der Waals surface area contributed by atoms with Crippen molar-refractivity contribution < 1.29 is 4.79 Å². The number of benzene rings is 2. The molecule has 1 saturated heterocycles. The van der Waals surface area contributed by atoms with Crippen LogP contribution in [-0.4, -0.2) is 38.8 Å². The number of H-pyrrole nitrogens is 1. The molecule has 0 bridgehead atoms. The van der Waals surface area contributed by atoms with E-state index in [0.717, 1.165) is 51.7 Å². The summed E-state index contributed by atoms with van der Waals surface area (Å²) in [5.74, 6) is 0.487. The number of fused-ring (bicyclic) bond motifs is 2. The molecule has 5 aromatic rings. The number of pyridine rings is 2. The summed E-state index contributed by atoms with van der Waals surface area (Å²) in [6.45, 7) is 5.13. The van der Waals surface area contributed by atoms with Gasteiger partial charge < -0.3 is 20.5 Å². The third kappa shape index (κ3) is 4.79. The molecule has 2 aromatic carbocycles. The fraction of sp³-hybridized carbons (Fsp3) is 0.258. The van der Waals surface area contributed by atoms with E-state index in [4.69, 9.17) is 5.73 Å². The molecule has 1 amide bonds. The normalized spacial score (nSPS) is 13.8. The van der Waals surface area contributed by atoms with Crippen molar-refractivity contribution >= 4 is 39.3 Å². The van der Waals surface area contributed by atoms with Crippen LogP contribution in [0.2, 0.25) is 0 Å². The van der Waals surface area contributed by atoms with Crippen molar-refractivity contribution in [3.05, 3.63) is 95.3 Å². The second-order valence-corrected chi connectivity index (χ2v) is 10.2. The first-order valence-corrected chi connectivity index (χ1v) is 13.3. The molecular formula is C31H32N6O. The van der Waals surface area contributed by atoms with Crippen molar-refractivity contribution in [3.8, 4) is 0 Å². The number of anilines is 2. The zero-order valence-electron chi connectivity index (χ0n) is 21.7. The van der Waals surface area contributed by atoms with Gasteiger partial charge in [0.1, 0.15) is 11.5 Å². The first-order chi connectivity index (χ1) is 18.5. The van der Waals surface area contributed by atoms with Gasteiger partial charge in [0, 0.05) is 60.6 Å². The lowest BCUT2D eigenvalue weighted by atomic mass is 10.1. The Morgan fingerprint density at radius 1 is 1.00 bits per heavy atom. The number of aryl methyl sites for hydroxylation is 1. The van der Waals surface area contributed by atoms with E-state index < -0.39 is 0 Å². The third-order valence-electron chi connectivity index (χ3n) is 7.52. The SMILES string of the molecule is Cc1cc2cc(C(=O)N(Cc3ccc(N4CCCCC4)cc3)Cc3ccnc4[nH]ccc34)ccc2nc1N. The fourth-order valence-electron chi connectivity index (χ4n) is 5.36. The van der Waals surface area contributed by atoms with Crippen molar-refractivity contribution in [1.29, 1.82) is 0 Å². The Kier molecular flexibility index (Phi) is 6.42. The highest BCUT2D eigenvalue weighted by molar-refractivity contribution is 5.98. The van der Waals surface area contributed by atoms with Crippen molar-refractivity contribution in [3.63, 3.8) is 0 Å². The Labute approximate surface area is 222 Å². The minimum Gasteiger partial charge on any atom is -0.383 e. The van der Waals surface area contributed by atoms with Crippen LogP contribution in [0.5, 0.6) is 0 Å². The van der Waals surface area contributed by atoms with Crippen LogP contribution in [0.3, 0.4) is 0 Å². The summed E-state index contributed by atoms with van der Waals surface area (Å²) in [6, 6.07) is 20.3. The maximum Gasteiger partial charge on any atom is 0.254 e. The number of aromatic nitrogens is 3. The quantitative estimate of drug-likeness (QED) is 0.303. The van der Waals surface area contributed by atoms with Crippen molar-refractivity contribution in [2.75, 3.05) is 23.7 Å². The number of carbonyl (C=O) groups excluding carboxylic acids is 1. The van der Waals surface area contributed by atoms with E-state index in [1.165, 1.54) is 24.9 Å². The number of carbonyl (C=O) groups is 1. The van der Waals surface area contributed by atoms with Crippen LogP contribution in [0.1, 0.15) is 46.3 Å². The van der Waals surface area contributed by atoms with Gasteiger partial charge >= 0.3 is 0 Å². The molecule has 4 heterocycles. The van der Waals surface area contributed by atoms with E-state index in [1.54, 1.807) is 6.20 Å². The number of piperidine rings is 1. The summed E-state index contributed by atoms with van der Waals surface area (Å²) in [5.41, 5.74) is 12.6. The van der Waals surface area contributed by atoms with Gasteiger partial charge in [-0.2, -0.15) is 0 Å². The molecule has 6 rings (SSSR count). The molecule has 0 aliphatic carbocycles. The van der Waals surface area contributed by atoms with Crippen LogP contribution in [0.15, 0.2) is 73.1 Å². The smallest absolute Gasteiger partial charge is 0.254 e. The maximum atomic E-state index is 14.0. The van der Waals surface area contributed by atoms with Crippen LogP contribution in [0, 0.1) is 6.92 Å². The second-order valence-electron chi connectivity index (χ2n) is 10.2. The third-order valence-corrected chi connectivity index (χ3v) is 7.52. The topological polar surface area (TPSA) is 91.1 Å². The van der Waals surface area contributed by atoms with Gasteiger partial charge in [-0.15, -0.1) is 0 Å². The molecule has 3 aromatic heterocycles. The largest absolute Gasteiger partial charge is 0.383 e. The molecule has 1 aliphatic rings. The van der Waals surface area contributed by atoms with Crippen LogP contribution >= 0.6 is 0 Å². The number of amides is 1. The van der Waals surface area contributed by atoms with Gasteiger partial charge in [0.15, 0.2) is 0 Å². The summed E-state index contributed by atoms with van der Waals surface area (Å²) in [5, 5.41) is 1.94. The summed E-state index contributed by atoms with van der Waals surface area (Å²) in [6.07, 6.45) is 7.48. The predicted molar refractivity (Wildman–Crippen MR) is 153 cm³/mol. The lowest BCUT2D eigenvalue weighted by molar-refractivity contribution is 0.0731. The number of hydrogen-bond acceptors (Lipinski definition) is 5. The second kappa shape index (κ2) is 10.2. The lowest BCUT2D eigenvalue weighted by Gasteiger charge is -2.29. The maximum absolute atomic E-state index is 14.0. The first kappa shape index (κ1) is 24.0. The molecule has 7 nitrogen and oxygen atoms in total. The fourth-order valence-corrected chi connectivity index (χ4v) is 5.36. The summed E-state index contributed by atoms with van der Waals surface area (Å²) < 4.78 is 0. The summed E-state index contributed by atoms with van der Waals surface area (Å²) in [4.78, 5) is 30.4. The van der Waals surface area contributed by atoms with Crippen molar-refractivity contribution in [2.45, 2.75) is 39.3 Å². The monoisotopic (exact) mass is 504 g/mol. The molecule has 7 heteroatoms. The standard InChI is InChI=1S/C31H32N6O/c1-21-17-25-18-23(7-10-28(25)35-29(21)32)31(38)37(20-24-11-13-33-30-27(24)12-14-34-30)19-22-5-8-26(9-6-22)36-15-3-2-4-16-36/h5-14,17-18H,2-4,15-16,19-20H2,1H3,(H2,32,35)(H,33,34). The average molecular weight is 505 g/mol. The molecular weight excluding hydrogens is 472 g/mol. The molecule has 38 heavy (non-hydrogen) atoms. The summed E-state index contributed by atoms with van der Waals surface area (Å²) in [7, 11) is 0. The first-order valence-electron chi connectivity index (χ1n) is 13.3. The molecule has 0 saturated carbocycles. The van der Waals surface area contributed by atoms with Crippen LogP contribution < -0.4 is 10.6 Å². The highest BCUT2D eigenvalue weighted by atomic mass is 16.2. The predicted octanol–water partition coefficient (Wildman–Crippen LogP) is 5.83. The number of nitrogen functional groups attached to an aromatic ring is 1. The molecule has 192 valence electrons. The van der Waals surface area contributed by atoms with Crippen molar-refractivity contribution in [1.82, 2.24) is 19.9 Å². The Balaban J connectivity index is 1.32. The van der Waals surface area contributed by atoms with Gasteiger partial charge in [0.05, 0.1) is 5.52 Å². The van der Waals surface area contributed by atoms with Gasteiger partial charge in [0.2, 0.25) is 0 Å². The van der Waals surface area contributed by atoms with Gasteiger partial charge in [-0.25, -0.2) is 9.97 Å². The number of nitrogens with two attached hydrogens (primary N) is 1. The Bertz CT molecular complexity index is 1600. The zero-order valence-corrected chi connectivity index (χ0v) is 21.7. The van der Waals surface area contributed by atoms with E-state index in [9.17, 15) is 4.79 Å². The molecule has 3 N–H and O–H groups in total. The van der Waals surface area contributed by atoms with E-state index in [0.29, 0.717) is 24.5 Å². The van der Waals surface area contributed by atoms with E-state index in [1.807, 2.05) is 54.4 Å². The molecule has 0 spiro atoms. The minimum atomic E-state index is -0.0259. The van der Waals surface area contributed by atoms with Crippen molar-refractivity contribution in [2.24, 2.45) is 0 Å². The number of nitrogens with one attached hydrogen (secondary N) is 1. The Hall–Kier alpha value is -4.39. The molecule has 0 unspecified atom stereocenters. The lowest BCUT2D eigenvalue weighted by Crippen LogP contribution is -2.30. The van der Waals surface area contributed by atoms with E-state index in [-0.39, 0.29) is 5.91 Å². The Morgan fingerprint density at radius 3 is 2.63 bits per heavy atom. The van der Waals surface area contributed by atoms with E-state index >= 15 is 0 Å². The van der Waals surface area contributed by atoms with Gasteiger partial charge in [-0.1, -0.05) is 12.1 Å². The minimum absolute atomic E-state index is 0.0259. The highest BCUT2D eigenvalue weighted by Gasteiger charge is 2.20. The van der Waals surface area contributed by atoms with Gasteiger partial charge in [-0.3, -0.25) is 4.79 Å². The molecule has 0 atom stereocenters. The van der Waals surface area contributed by atoms with Crippen LogP contribution in [0.25, 0.3) is 21.9 Å². The number of nitrogens with zero attached hydrogens (tertiary/aromatic N) is 4.